The molecule has 0 bridgehead atoms. The van der Waals surface area contributed by atoms with Gasteiger partial charge in [0.2, 0.25) is 0 Å². The van der Waals surface area contributed by atoms with Crippen molar-refractivity contribution in [2.45, 2.75) is 44.3 Å². The van der Waals surface area contributed by atoms with Gasteiger partial charge in [-0.05, 0) is 49.8 Å². The summed E-state index contributed by atoms with van der Waals surface area (Å²) < 4.78 is 40.9. The van der Waals surface area contributed by atoms with Crippen LogP contribution in [0.1, 0.15) is 37.8 Å². The van der Waals surface area contributed by atoms with E-state index >= 15 is 0 Å². The standard InChI is InChI=1S/C20H20F3N5/c21-20(22,23)15-3-1-2-14(10-15)17-12-25-19-9-8-18(27-28(17)19)26-16-6-4-13(11-24)5-7-16/h1-3,8-9,12-13,15-16H,4-7,10H2,(H,26,27)/t13-,15?,16-. The molecule has 4 rings (SSSR count). The van der Waals surface area contributed by atoms with Gasteiger partial charge in [-0.3, -0.25) is 0 Å². The number of hydrogen-bond donors (Lipinski definition) is 1. The van der Waals surface area contributed by atoms with Gasteiger partial charge in [0.1, 0.15) is 5.82 Å². The number of nitrogens with zero attached hydrogens (tertiary/aromatic N) is 4. The smallest absolute Gasteiger partial charge is 0.366 e. The molecule has 2 aliphatic rings. The van der Waals surface area contributed by atoms with Crippen molar-refractivity contribution in [3.05, 3.63) is 42.3 Å². The van der Waals surface area contributed by atoms with E-state index in [-0.39, 0.29) is 18.4 Å². The number of anilines is 1. The van der Waals surface area contributed by atoms with Gasteiger partial charge in [0, 0.05) is 12.0 Å². The molecule has 1 N–H and O–H groups in total. The summed E-state index contributed by atoms with van der Waals surface area (Å²) in [5.41, 5.74) is 1.73. The van der Waals surface area contributed by atoms with Crippen molar-refractivity contribution in [3.63, 3.8) is 0 Å². The lowest BCUT2D eigenvalue weighted by atomic mass is 9.87. The molecule has 2 aromatic heterocycles. The Morgan fingerprint density at radius 2 is 1.96 bits per heavy atom. The van der Waals surface area contributed by atoms with Gasteiger partial charge in [-0.25, -0.2) is 9.50 Å². The summed E-state index contributed by atoms with van der Waals surface area (Å²) >= 11 is 0. The molecule has 1 atom stereocenters. The molecular formula is C20H20F3N5. The molecule has 1 saturated carbocycles. The third-order valence-electron chi connectivity index (χ3n) is 5.45. The molecule has 0 aliphatic heterocycles. The van der Waals surface area contributed by atoms with Crippen LogP contribution in [-0.2, 0) is 0 Å². The summed E-state index contributed by atoms with van der Waals surface area (Å²) in [6.07, 6.45) is 5.05. The van der Waals surface area contributed by atoms with Crippen molar-refractivity contribution in [2.75, 3.05) is 5.32 Å². The second-order valence-electron chi connectivity index (χ2n) is 7.38. The first-order chi connectivity index (χ1) is 13.4. The van der Waals surface area contributed by atoms with Crippen LogP contribution in [0, 0.1) is 23.2 Å². The molecule has 0 aromatic carbocycles. The van der Waals surface area contributed by atoms with Crippen LogP contribution in [0.4, 0.5) is 19.0 Å². The molecule has 5 nitrogen and oxygen atoms in total. The number of fused-ring (bicyclic) bond motifs is 1. The predicted molar refractivity (Wildman–Crippen MR) is 99.2 cm³/mol. The summed E-state index contributed by atoms with van der Waals surface area (Å²) in [4.78, 5) is 4.28. The zero-order chi connectivity index (χ0) is 19.7. The highest BCUT2D eigenvalue weighted by atomic mass is 19.4. The lowest BCUT2D eigenvalue weighted by Gasteiger charge is -2.26. The minimum absolute atomic E-state index is 0.120. The second-order valence-corrected chi connectivity index (χ2v) is 7.38. The van der Waals surface area contributed by atoms with E-state index in [0.29, 0.717) is 22.7 Å². The summed E-state index contributed by atoms with van der Waals surface area (Å²) in [6, 6.07) is 6.20. The zero-order valence-electron chi connectivity index (χ0n) is 15.2. The van der Waals surface area contributed by atoms with E-state index in [1.165, 1.54) is 12.2 Å². The van der Waals surface area contributed by atoms with E-state index in [9.17, 15) is 13.2 Å². The first-order valence-corrected chi connectivity index (χ1v) is 9.39. The van der Waals surface area contributed by atoms with Crippen molar-refractivity contribution in [2.24, 2.45) is 11.8 Å². The first-order valence-electron chi connectivity index (χ1n) is 9.39. The number of halogens is 3. The Balaban J connectivity index is 1.55. The molecule has 0 amide bonds. The molecule has 1 fully saturated rings. The van der Waals surface area contributed by atoms with Gasteiger partial charge in [0.05, 0.1) is 23.9 Å². The fourth-order valence-corrected chi connectivity index (χ4v) is 3.84. The zero-order valence-corrected chi connectivity index (χ0v) is 15.2. The Kier molecular flexibility index (Phi) is 4.84. The monoisotopic (exact) mass is 387 g/mol. The number of alkyl halides is 3. The molecule has 2 aliphatic carbocycles. The molecule has 0 saturated heterocycles. The maximum Gasteiger partial charge on any atom is 0.395 e. The van der Waals surface area contributed by atoms with Crippen LogP contribution in [0.15, 0.2) is 36.6 Å². The lowest BCUT2D eigenvalue weighted by Crippen LogP contribution is -2.26. The minimum Gasteiger partial charge on any atom is -0.366 e. The fraction of sp³-hybridized carbons (Fsp3) is 0.450. The van der Waals surface area contributed by atoms with E-state index < -0.39 is 12.1 Å². The number of allylic oxidation sites excluding steroid dienone is 4. The van der Waals surface area contributed by atoms with E-state index in [2.05, 4.69) is 21.5 Å². The van der Waals surface area contributed by atoms with Crippen molar-refractivity contribution in [1.29, 1.82) is 5.26 Å². The van der Waals surface area contributed by atoms with Crippen molar-refractivity contribution in [3.8, 4) is 6.07 Å². The molecule has 0 spiro atoms. The number of imidazole rings is 1. The van der Waals surface area contributed by atoms with E-state index in [4.69, 9.17) is 5.26 Å². The molecule has 146 valence electrons. The summed E-state index contributed by atoms with van der Waals surface area (Å²) in [7, 11) is 0. The average molecular weight is 387 g/mol. The Morgan fingerprint density at radius 1 is 1.18 bits per heavy atom. The van der Waals surface area contributed by atoms with E-state index in [1.807, 2.05) is 6.07 Å². The van der Waals surface area contributed by atoms with Crippen LogP contribution in [0.25, 0.3) is 11.2 Å². The summed E-state index contributed by atoms with van der Waals surface area (Å²) in [5.74, 6) is -0.706. The molecular weight excluding hydrogens is 367 g/mol. The van der Waals surface area contributed by atoms with Crippen LogP contribution in [-0.4, -0.2) is 26.8 Å². The molecule has 2 heterocycles. The highest BCUT2D eigenvalue weighted by Gasteiger charge is 2.39. The SMILES string of the molecule is N#C[C@H]1CC[C@H](Nc2ccc3ncc(C4=CC=CC(C(F)(F)F)C4)n3n2)CC1. The van der Waals surface area contributed by atoms with Crippen LogP contribution >= 0.6 is 0 Å². The largest absolute Gasteiger partial charge is 0.395 e. The minimum atomic E-state index is -4.26. The molecule has 0 radical (unpaired) electrons. The molecule has 28 heavy (non-hydrogen) atoms. The highest BCUT2D eigenvalue weighted by molar-refractivity contribution is 5.68. The van der Waals surface area contributed by atoms with E-state index in [0.717, 1.165) is 25.7 Å². The number of nitriles is 1. The quantitative estimate of drug-likeness (QED) is 0.826. The Bertz CT molecular complexity index is 958. The summed E-state index contributed by atoms with van der Waals surface area (Å²) in [6.45, 7) is 0. The van der Waals surface area contributed by atoms with Crippen molar-refractivity contribution in [1.82, 2.24) is 14.6 Å². The Hall–Kier alpha value is -2.82. The van der Waals surface area contributed by atoms with Gasteiger partial charge in [-0.1, -0.05) is 18.2 Å². The number of aromatic nitrogens is 3. The van der Waals surface area contributed by atoms with Gasteiger partial charge >= 0.3 is 6.18 Å². The van der Waals surface area contributed by atoms with Gasteiger partial charge in [0.25, 0.3) is 0 Å². The number of rotatable bonds is 3. The van der Waals surface area contributed by atoms with Crippen LogP contribution in [0.3, 0.4) is 0 Å². The van der Waals surface area contributed by atoms with E-state index in [1.54, 1.807) is 22.9 Å². The maximum atomic E-state index is 13.1. The topological polar surface area (TPSA) is 66.0 Å². The molecule has 1 unspecified atom stereocenters. The Morgan fingerprint density at radius 3 is 2.68 bits per heavy atom. The van der Waals surface area contributed by atoms with Crippen molar-refractivity contribution >= 4 is 17.0 Å². The third-order valence-corrected chi connectivity index (χ3v) is 5.45. The highest BCUT2D eigenvalue weighted by Crippen LogP contribution is 2.37. The second kappa shape index (κ2) is 7.30. The summed E-state index contributed by atoms with van der Waals surface area (Å²) in [5, 5.41) is 17.0. The molecule has 8 heteroatoms. The van der Waals surface area contributed by atoms with Gasteiger partial charge in [-0.15, -0.1) is 5.10 Å². The third kappa shape index (κ3) is 3.75. The van der Waals surface area contributed by atoms with Crippen LogP contribution in [0.2, 0.25) is 0 Å². The lowest BCUT2D eigenvalue weighted by molar-refractivity contribution is -0.159. The fourth-order valence-electron chi connectivity index (χ4n) is 3.84. The normalized spacial score (nSPS) is 25.4. The number of nitrogens with one attached hydrogen (secondary N) is 1. The van der Waals surface area contributed by atoms with Crippen LogP contribution < -0.4 is 5.32 Å². The van der Waals surface area contributed by atoms with Gasteiger partial charge in [0.15, 0.2) is 5.65 Å². The molecule has 2 aromatic rings. The Labute approximate surface area is 160 Å². The number of hydrogen-bond acceptors (Lipinski definition) is 4. The predicted octanol–water partition coefficient (Wildman–Crippen LogP) is 4.75. The van der Waals surface area contributed by atoms with Gasteiger partial charge in [-0.2, -0.15) is 18.4 Å². The maximum absolute atomic E-state index is 13.1. The van der Waals surface area contributed by atoms with Crippen LogP contribution in [0.5, 0.6) is 0 Å². The van der Waals surface area contributed by atoms with Gasteiger partial charge < -0.3 is 5.32 Å². The average Bonchev–Trinajstić information content (AvgIpc) is 3.11. The first kappa shape index (κ1) is 18.5. The van der Waals surface area contributed by atoms with Crippen molar-refractivity contribution < 1.29 is 13.2 Å².